The highest BCUT2D eigenvalue weighted by Crippen LogP contribution is 2.34. The summed E-state index contributed by atoms with van der Waals surface area (Å²) in [5.41, 5.74) is 11.4. The van der Waals surface area contributed by atoms with E-state index in [0.29, 0.717) is 11.1 Å². The molecule has 17 heavy (non-hydrogen) atoms. The van der Waals surface area contributed by atoms with E-state index in [1.54, 1.807) is 0 Å². The number of nitrogens with zero attached hydrogens (tertiary/aromatic N) is 2. The Balaban J connectivity index is 2.77. The SMILES string of the molecule is Cc1cc(C)c(-c2c(Cl)nc(N)n2C)c(C)c1. The Kier molecular flexibility index (Phi) is 2.87. The normalized spacial score (nSPS) is 10.9. The lowest BCUT2D eigenvalue weighted by Crippen LogP contribution is -2.00. The number of anilines is 1. The van der Waals surface area contributed by atoms with Gasteiger partial charge in [-0.25, -0.2) is 4.98 Å². The molecule has 0 bridgehead atoms. The number of hydrogen-bond acceptors (Lipinski definition) is 2. The number of halogens is 1. The summed E-state index contributed by atoms with van der Waals surface area (Å²) in [5.74, 6) is 0.435. The topological polar surface area (TPSA) is 43.8 Å². The Morgan fingerprint density at radius 1 is 1.18 bits per heavy atom. The van der Waals surface area contributed by atoms with Crippen molar-refractivity contribution in [3.8, 4) is 11.3 Å². The van der Waals surface area contributed by atoms with E-state index in [1.165, 1.54) is 16.7 Å². The van der Waals surface area contributed by atoms with Gasteiger partial charge >= 0.3 is 0 Å². The standard InChI is InChI=1S/C13H16ClN3/c1-7-5-8(2)10(9(3)6-7)11-12(14)16-13(15)17(11)4/h5-6H,1-4H3,(H2,15,16). The first-order valence-electron chi connectivity index (χ1n) is 5.47. The molecule has 90 valence electrons. The van der Waals surface area contributed by atoms with Gasteiger partial charge in [0.1, 0.15) is 0 Å². The van der Waals surface area contributed by atoms with Crippen molar-refractivity contribution in [2.24, 2.45) is 7.05 Å². The zero-order valence-corrected chi connectivity index (χ0v) is 11.3. The third-order valence-electron chi connectivity index (χ3n) is 3.00. The fourth-order valence-electron chi connectivity index (χ4n) is 2.31. The number of imidazole rings is 1. The van der Waals surface area contributed by atoms with Crippen LogP contribution in [0.3, 0.4) is 0 Å². The quantitative estimate of drug-likeness (QED) is 0.843. The molecule has 3 nitrogen and oxygen atoms in total. The molecule has 0 aliphatic carbocycles. The molecule has 0 fully saturated rings. The minimum absolute atomic E-state index is 0.435. The van der Waals surface area contributed by atoms with Gasteiger partial charge in [0.15, 0.2) is 5.15 Å². The van der Waals surface area contributed by atoms with Crippen LogP contribution in [0.2, 0.25) is 5.15 Å². The summed E-state index contributed by atoms with van der Waals surface area (Å²) < 4.78 is 1.83. The molecule has 1 aromatic carbocycles. The van der Waals surface area contributed by atoms with Crippen molar-refractivity contribution in [3.05, 3.63) is 34.0 Å². The predicted octanol–water partition coefficient (Wildman–Crippen LogP) is 3.25. The van der Waals surface area contributed by atoms with E-state index in [-0.39, 0.29) is 0 Å². The highest BCUT2D eigenvalue weighted by molar-refractivity contribution is 6.32. The summed E-state index contributed by atoms with van der Waals surface area (Å²) in [4.78, 5) is 4.10. The van der Waals surface area contributed by atoms with Crippen LogP contribution in [0, 0.1) is 20.8 Å². The first kappa shape index (κ1) is 12.0. The summed E-state index contributed by atoms with van der Waals surface area (Å²) >= 11 is 6.16. The molecular formula is C13H16ClN3. The third kappa shape index (κ3) is 1.91. The molecule has 0 saturated carbocycles. The molecule has 0 aliphatic rings. The van der Waals surface area contributed by atoms with Gasteiger partial charge in [-0.3, -0.25) is 0 Å². The number of rotatable bonds is 1. The van der Waals surface area contributed by atoms with Gasteiger partial charge in [0.25, 0.3) is 0 Å². The Morgan fingerprint density at radius 3 is 2.12 bits per heavy atom. The number of hydrogen-bond donors (Lipinski definition) is 1. The predicted molar refractivity (Wildman–Crippen MR) is 72.3 cm³/mol. The molecule has 2 rings (SSSR count). The van der Waals surface area contributed by atoms with Crippen molar-refractivity contribution in [2.45, 2.75) is 20.8 Å². The zero-order valence-electron chi connectivity index (χ0n) is 10.5. The van der Waals surface area contributed by atoms with Gasteiger partial charge in [0.2, 0.25) is 5.95 Å². The van der Waals surface area contributed by atoms with Crippen LogP contribution < -0.4 is 5.73 Å². The third-order valence-corrected chi connectivity index (χ3v) is 3.26. The smallest absolute Gasteiger partial charge is 0.201 e. The molecule has 0 radical (unpaired) electrons. The molecule has 0 atom stereocenters. The number of aromatic nitrogens is 2. The molecule has 0 spiro atoms. The van der Waals surface area contributed by atoms with Gasteiger partial charge in [-0.05, 0) is 31.9 Å². The van der Waals surface area contributed by atoms with Gasteiger partial charge in [-0.15, -0.1) is 0 Å². The maximum atomic E-state index is 6.16. The fraction of sp³-hybridized carbons (Fsp3) is 0.308. The van der Waals surface area contributed by atoms with Crippen LogP contribution in [0.1, 0.15) is 16.7 Å². The minimum Gasteiger partial charge on any atom is -0.369 e. The summed E-state index contributed by atoms with van der Waals surface area (Å²) in [6.45, 7) is 6.24. The van der Waals surface area contributed by atoms with Crippen LogP contribution in [0.15, 0.2) is 12.1 Å². The van der Waals surface area contributed by atoms with Crippen LogP contribution in [-0.4, -0.2) is 9.55 Å². The van der Waals surface area contributed by atoms with E-state index in [0.717, 1.165) is 11.3 Å². The van der Waals surface area contributed by atoms with Crippen LogP contribution in [-0.2, 0) is 7.05 Å². The van der Waals surface area contributed by atoms with Crippen molar-refractivity contribution in [1.82, 2.24) is 9.55 Å². The summed E-state index contributed by atoms with van der Waals surface area (Å²) in [5, 5.41) is 0.458. The first-order chi connectivity index (χ1) is 7.91. The monoisotopic (exact) mass is 249 g/mol. The van der Waals surface area contributed by atoms with Crippen LogP contribution in [0.4, 0.5) is 5.95 Å². The minimum atomic E-state index is 0.435. The second-order valence-electron chi connectivity index (χ2n) is 4.44. The molecule has 0 saturated heterocycles. The highest BCUT2D eigenvalue weighted by atomic mass is 35.5. The molecule has 0 aliphatic heterocycles. The lowest BCUT2D eigenvalue weighted by atomic mass is 9.97. The lowest BCUT2D eigenvalue weighted by molar-refractivity contribution is 0.935. The molecule has 4 heteroatoms. The summed E-state index contributed by atoms with van der Waals surface area (Å²) in [6.07, 6.45) is 0. The summed E-state index contributed by atoms with van der Waals surface area (Å²) in [6, 6.07) is 4.28. The zero-order chi connectivity index (χ0) is 12.7. The van der Waals surface area contributed by atoms with E-state index in [2.05, 4.69) is 37.9 Å². The van der Waals surface area contributed by atoms with Crippen molar-refractivity contribution in [2.75, 3.05) is 5.73 Å². The van der Waals surface area contributed by atoms with Gasteiger partial charge in [0, 0.05) is 12.6 Å². The molecular weight excluding hydrogens is 234 g/mol. The average molecular weight is 250 g/mol. The maximum Gasteiger partial charge on any atom is 0.201 e. The van der Waals surface area contributed by atoms with Gasteiger partial charge in [-0.1, -0.05) is 29.3 Å². The van der Waals surface area contributed by atoms with Gasteiger partial charge < -0.3 is 10.3 Å². The number of nitrogen functional groups attached to an aromatic ring is 1. The van der Waals surface area contributed by atoms with Crippen LogP contribution in [0.5, 0.6) is 0 Å². The van der Waals surface area contributed by atoms with Crippen molar-refractivity contribution < 1.29 is 0 Å². The molecule has 2 aromatic rings. The van der Waals surface area contributed by atoms with E-state index >= 15 is 0 Å². The Morgan fingerprint density at radius 2 is 1.71 bits per heavy atom. The van der Waals surface area contributed by atoms with E-state index in [1.807, 2.05) is 11.6 Å². The Bertz CT molecular complexity index is 562. The van der Waals surface area contributed by atoms with Crippen molar-refractivity contribution in [1.29, 1.82) is 0 Å². The highest BCUT2D eigenvalue weighted by Gasteiger charge is 2.17. The largest absolute Gasteiger partial charge is 0.369 e. The molecule has 0 unspecified atom stereocenters. The van der Waals surface area contributed by atoms with E-state index in [9.17, 15) is 0 Å². The maximum absolute atomic E-state index is 6.16. The summed E-state index contributed by atoms with van der Waals surface area (Å²) in [7, 11) is 1.88. The average Bonchev–Trinajstić information content (AvgIpc) is 2.43. The Labute approximate surface area is 106 Å². The lowest BCUT2D eigenvalue weighted by Gasteiger charge is -2.12. The van der Waals surface area contributed by atoms with Gasteiger partial charge in [0.05, 0.1) is 5.69 Å². The van der Waals surface area contributed by atoms with Crippen molar-refractivity contribution in [3.63, 3.8) is 0 Å². The Hall–Kier alpha value is -1.48. The first-order valence-corrected chi connectivity index (χ1v) is 5.85. The van der Waals surface area contributed by atoms with Crippen LogP contribution in [0.25, 0.3) is 11.3 Å². The van der Waals surface area contributed by atoms with E-state index in [4.69, 9.17) is 17.3 Å². The number of nitrogens with two attached hydrogens (primary N) is 1. The number of benzene rings is 1. The molecule has 0 amide bonds. The molecule has 1 heterocycles. The number of aryl methyl sites for hydroxylation is 3. The molecule has 2 N–H and O–H groups in total. The van der Waals surface area contributed by atoms with Crippen LogP contribution >= 0.6 is 11.6 Å². The van der Waals surface area contributed by atoms with Crippen molar-refractivity contribution >= 4 is 17.5 Å². The molecule has 1 aromatic heterocycles. The second-order valence-corrected chi connectivity index (χ2v) is 4.80. The van der Waals surface area contributed by atoms with Gasteiger partial charge in [-0.2, -0.15) is 0 Å². The van der Waals surface area contributed by atoms with E-state index < -0.39 is 0 Å². The fourth-order valence-corrected chi connectivity index (χ4v) is 2.61. The second kappa shape index (κ2) is 4.08.